The van der Waals surface area contributed by atoms with E-state index >= 15 is 0 Å². The molecule has 1 aliphatic heterocycles. The Morgan fingerprint density at radius 3 is 2.47 bits per heavy atom. The molecule has 0 aromatic carbocycles. The largest absolute Gasteiger partial charge is 0.381 e. The summed E-state index contributed by atoms with van der Waals surface area (Å²) in [6, 6.07) is 0. The molecule has 1 rings (SSSR count). The second kappa shape index (κ2) is 5.26. The highest BCUT2D eigenvalue weighted by Gasteiger charge is 2.36. The summed E-state index contributed by atoms with van der Waals surface area (Å²) in [5.74, 6) is 0. The highest BCUT2D eigenvalue weighted by atomic mass is 16.5. The van der Waals surface area contributed by atoms with Gasteiger partial charge in [-0.05, 0) is 32.3 Å². The van der Waals surface area contributed by atoms with Gasteiger partial charge in [0, 0.05) is 31.4 Å². The van der Waals surface area contributed by atoms with E-state index in [2.05, 4.69) is 24.6 Å². The molecule has 84 valence electrons. The maximum atomic E-state index is 5.43. The van der Waals surface area contributed by atoms with Crippen LogP contribution in [0.1, 0.15) is 26.7 Å². The summed E-state index contributed by atoms with van der Waals surface area (Å²) < 4.78 is 5.43. The fourth-order valence-corrected chi connectivity index (χ4v) is 2.21. The SMILES string of the molecule is C=C(C=CC)C1(C(C)=NC)CCOCC1. The molecule has 0 bridgehead atoms. The minimum Gasteiger partial charge on any atom is -0.381 e. The van der Waals surface area contributed by atoms with Gasteiger partial charge in [-0.1, -0.05) is 18.7 Å². The van der Waals surface area contributed by atoms with Crippen molar-refractivity contribution < 1.29 is 4.74 Å². The third kappa shape index (κ3) is 2.37. The summed E-state index contributed by atoms with van der Waals surface area (Å²) in [4.78, 5) is 4.35. The van der Waals surface area contributed by atoms with Crippen LogP contribution in [-0.4, -0.2) is 26.0 Å². The molecule has 15 heavy (non-hydrogen) atoms. The molecule has 2 nitrogen and oxygen atoms in total. The Balaban J connectivity index is 2.99. The van der Waals surface area contributed by atoms with Crippen molar-refractivity contribution >= 4 is 5.71 Å². The highest BCUT2D eigenvalue weighted by Crippen LogP contribution is 2.39. The first-order valence-electron chi connectivity index (χ1n) is 5.51. The van der Waals surface area contributed by atoms with Crippen LogP contribution in [0.3, 0.4) is 0 Å². The molecule has 0 aliphatic carbocycles. The molecule has 2 heteroatoms. The van der Waals surface area contributed by atoms with Crippen molar-refractivity contribution in [3.63, 3.8) is 0 Å². The molecule has 0 N–H and O–H groups in total. The van der Waals surface area contributed by atoms with E-state index in [0.29, 0.717) is 0 Å². The van der Waals surface area contributed by atoms with Crippen LogP contribution in [-0.2, 0) is 4.74 Å². The summed E-state index contributed by atoms with van der Waals surface area (Å²) in [5, 5.41) is 0. The van der Waals surface area contributed by atoms with Crippen LogP contribution >= 0.6 is 0 Å². The molecular formula is C13H21NO. The first-order valence-corrected chi connectivity index (χ1v) is 5.51. The van der Waals surface area contributed by atoms with Gasteiger partial charge in [0.1, 0.15) is 0 Å². The van der Waals surface area contributed by atoms with Gasteiger partial charge in [0.25, 0.3) is 0 Å². The van der Waals surface area contributed by atoms with Crippen molar-refractivity contribution in [1.29, 1.82) is 0 Å². The van der Waals surface area contributed by atoms with Crippen LogP contribution < -0.4 is 0 Å². The molecule has 0 amide bonds. The average molecular weight is 207 g/mol. The van der Waals surface area contributed by atoms with Gasteiger partial charge in [0.15, 0.2) is 0 Å². The lowest BCUT2D eigenvalue weighted by atomic mass is 9.71. The van der Waals surface area contributed by atoms with Crippen molar-refractivity contribution in [2.45, 2.75) is 26.7 Å². The smallest absolute Gasteiger partial charge is 0.0478 e. The number of rotatable bonds is 3. The summed E-state index contributed by atoms with van der Waals surface area (Å²) >= 11 is 0. The Morgan fingerprint density at radius 1 is 1.40 bits per heavy atom. The number of hydrogen-bond acceptors (Lipinski definition) is 2. The van der Waals surface area contributed by atoms with E-state index in [1.807, 2.05) is 20.0 Å². The summed E-state index contributed by atoms with van der Waals surface area (Å²) in [6.45, 7) is 9.93. The van der Waals surface area contributed by atoms with Crippen molar-refractivity contribution in [1.82, 2.24) is 0 Å². The number of ether oxygens (including phenoxy) is 1. The molecule has 0 spiro atoms. The number of hydrogen-bond donors (Lipinski definition) is 0. The van der Waals surface area contributed by atoms with E-state index in [-0.39, 0.29) is 5.41 Å². The van der Waals surface area contributed by atoms with Crippen LogP contribution in [0.25, 0.3) is 0 Å². The lowest BCUT2D eigenvalue weighted by molar-refractivity contribution is 0.0592. The van der Waals surface area contributed by atoms with Crippen molar-refractivity contribution in [3.05, 3.63) is 24.3 Å². The molecule has 1 heterocycles. The maximum Gasteiger partial charge on any atom is 0.0478 e. The van der Waals surface area contributed by atoms with Crippen LogP contribution in [0.5, 0.6) is 0 Å². The fourth-order valence-electron chi connectivity index (χ4n) is 2.21. The Morgan fingerprint density at radius 2 is 2.00 bits per heavy atom. The minimum atomic E-state index is 0.0412. The monoisotopic (exact) mass is 207 g/mol. The van der Waals surface area contributed by atoms with Gasteiger partial charge in [-0.15, -0.1) is 0 Å². The average Bonchev–Trinajstić information content (AvgIpc) is 2.29. The number of allylic oxidation sites excluding steroid dienone is 3. The molecule has 1 saturated heterocycles. The first-order chi connectivity index (χ1) is 7.17. The molecule has 0 radical (unpaired) electrons. The van der Waals surface area contributed by atoms with Crippen LogP contribution in [0.4, 0.5) is 0 Å². The van der Waals surface area contributed by atoms with Gasteiger partial charge < -0.3 is 4.74 Å². The van der Waals surface area contributed by atoms with Crippen molar-refractivity contribution in [2.75, 3.05) is 20.3 Å². The van der Waals surface area contributed by atoms with E-state index in [4.69, 9.17) is 4.74 Å². The molecule has 0 aromatic heterocycles. The topological polar surface area (TPSA) is 21.6 Å². The molecule has 1 aliphatic rings. The summed E-state index contributed by atoms with van der Waals surface area (Å²) in [6.07, 6.45) is 6.14. The zero-order chi connectivity index (χ0) is 11.3. The number of nitrogens with zero attached hydrogens (tertiary/aromatic N) is 1. The zero-order valence-electron chi connectivity index (χ0n) is 10.0. The Kier molecular flexibility index (Phi) is 4.28. The van der Waals surface area contributed by atoms with Crippen LogP contribution in [0.15, 0.2) is 29.3 Å². The Hall–Kier alpha value is -0.890. The van der Waals surface area contributed by atoms with Crippen LogP contribution in [0, 0.1) is 5.41 Å². The second-order valence-electron chi connectivity index (χ2n) is 4.03. The standard InChI is InChI=1S/C13H21NO/c1-5-6-11(2)13(12(3)14-4)7-9-15-10-8-13/h5-6H,2,7-10H2,1,3-4H3. The van der Waals surface area contributed by atoms with Gasteiger partial charge in [0.05, 0.1) is 0 Å². The summed E-state index contributed by atoms with van der Waals surface area (Å²) in [7, 11) is 1.86. The normalized spacial score (nSPS) is 21.9. The summed E-state index contributed by atoms with van der Waals surface area (Å²) in [5.41, 5.74) is 2.38. The Bertz CT molecular complexity index is 283. The lowest BCUT2D eigenvalue weighted by Crippen LogP contribution is -2.37. The molecule has 0 aromatic rings. The Labute approximate surface area is 92.7 Å². The molecule has 1 fully saturated rings. The van der Waals surface area contributed by atoms with Crippen molar-refractivity contribution in [3.8, 4) is 0 Å². The van der Waals surface area contributed by atoms with Gasteiger partial charge in [-0.25, -0.2) is 0 Å². The van der Waals surface area contributed by atoms with Crippen molar-refractivity contribution in [2.24, 2.45) is 10.4 Å². The van der Waals surface area contributed by atoms with E-state index in [9.17, 15) is 0 Å². The van der Waals surface area contributed by atoms with E-state index in [0.717, 1.165) is 31.6 Å². The number of aliphatic imine (C=N–C) groups is 1. The lowest BCUT2D eigenvalue weighted by Gasteiger charge is -2.38. The quantitative estimate of drug-likeness (QED) is 0.515. The molecule has 0 saturated carbocycles. The predicted molar refractivity (Wildman–Crippen MR) is 65.5 cm³/mol. The minimum absolute atomic E-state index is 0.0412. The fraction of sp³-hybridized carbons (Fsp3) is 0.615. The third-order valence-corrected chi connectivity index (χ3v) is 3.36. The zero-order valence-corrected chi connectivity index (χ0v) is 10.0. The van der Waals surface area contributed by atoms with E-state index in [1.165, 1.54) is 5.71 Å². The molecular weight excluding hydrogens is 186 g/mol. The predicted octanol–water partition coefficient (Wildman–Crippen LogP) is 3.01. The highest BCUT2D eigenvalue weighted by molar-refractivity contribution is 5.91. The third-order valence-electron chi connectivity index (χ3n) is 3.36. The second-order valence-corrected chi connectivity index (χ2v) is 4.03. The molecule has 0 unspecified atom stereocenters. The van der Waals surface area contributed by atoms with Gasteiger partial charge >= 0.3 is 0 Å². The van der Waals surface area contributed by atoms with Gasteiger partial charge in [-0.3, -0.25) is 4.99 Å². The van der Waals surface area contributed by atoms with E-state index in [1.54, 1.807) is 0 Å². The maximum absolute atomic E-state index is 5.43. The van der Waals surface area contributed by atoms with Crippen LogP contribution in [0.2, 0.25) is 0 Å². The van der Waals surface area contributed by atoms with Gasteiger partial charge in [0.2, 0.25) is 0 Å². The first kappa shape index (κ1) is 12.2. The van der Waals surface area contributed by atoms with Gasteiger partial charge in [-0.2, -0.15) is 0 Å². The molecule has 0 atom stereocenters. The van der Waals surface area contributed by atoms with E-state index < -0.39 is 0 Å².